The first-order chi connectivity index (χ1) is 13.2. The van der Waals surface area contributed by atoms with E-state index in [1.165, 1.54) is 11.3 Å². The number of benzene rings is 1. The van der Waals surface area contributed by atoms with Crippen molar-refractivity contribution in [2.24, 2.45) is 5.92 Å². The Morgan fingerprint density at radius 3 is 2.85 bits per heavy atom. The second-order valence-electron chi connectivity index (χ2n) is 6.48. The van der Waals surface area contributed by atoms with Crippen LogP contribution in [-0.2, 0) is 16.1 Å². The fraction of sp³-hybridized carbons (Fsp3) is 0.250. The third-order valence-electron chi connectivity index (χ3n) is 4.67. The number of fused-ring (bicyclic) bond motifs is 1. The lowest BCUT2D eigenvalue weighted by molar-refractivity contribution is -0.129. The Labute approximate surface area is 160 Å². The van der Waals surface area contributed by atoms with Gasteiger partial charge in [0.05, 0.1) is 28.5 Å². The number of Topliss-reactive ketones (excluding diaryl/α,β-unsaturated/α-hetero) is 1. The van der Waals surface area contributed by atoms with Crippen molar-refractivity contribution in [3.63, 3.8) is 0 Å². The molecular formula is C20H16N4O2S. The normalized spacial score (nSPS) is 17.8. The molecule has 6 nitrogen and oxygen atoms in total. The Kier molecular flexibility index (Phi) is 4.65. The predicted octanol–water partition coefficient (Wildman–Crippen LogP) is 2.92. The molecule has 0 aliphatic carbocycles. The molecule has 134 valence electrons. The summed E-state index contributed by atoms with van der Waals surface area (Å²) in [6, 6.07) is 15.2. The van der Waals surface area contributed by atoms with E-state index in [0.717, 1.165) is 15.9 Å². The van der Waals surface area contributed by atoms with Gasteiger partial charge in [-0.05, 0) is 24.3 Å². The number of aromatic nitrogens is 2. The number of carbonyl (C=O) groups excluding carboxylic acids is 2. The average molecular weight is 376 g/mol. The van der Waals surface area contributed by atoms with Crippen LogP contribution in [0.15, 0.2) is 48.7 Å². The standard InChI is InChI=1S/C20H16N4O2S/c21-10-15(20-23-16-6-1-2-7-17(16)27-20)19(26)13-9-18(25)24(11-13)12-14-5-3-4-8-22-14/h1-8,13,15H,9,11-12H2/t13-,15+/m1/s1. The Hall–Kier alpha value is -3.11. The van der Waals surface area contributed by atoms with Crippen LogP contribution >= 0.6 is 11.3 Å². The SMILES string of the molecule is N#C[C@@H](C(=O)[C@@H]1CC(=O)N(Cc2ccccn2)C1)c1nc2ccccc2s1. The molecule has 7 heteroatoms. The van der Waals surface area contributed by atoms with Crippen LogP contribution < -0.4 is 0 Å². The van der Waals surface area contributed by atoms with E-state index in [1.54, 1.807) is 11.1 Å². The predicted molar refractivity (Wildman–Crippen MR) is 101 cm³/mol. The molecular weight excluding hydrogens is 360 g/mol. The molecule has 1 amide bonds. The monoisotopic (exact) mass is 376 g/mol. The molecule has 1 aliphatic heterocycles. The molecule has 2 atom stereocenters. The number of hydrogen-bond donors (Lipinski definition) is 0. The third-order valence-corrected chi connectivity index (χ3v) is 5.77. The van der Waals surface area contributed by atoms with E-state index in [1.807, 2.05) is 42.5 Å². The molecule has 0 radical (unpaired) electrons. The lowest BCUT2D eigenvalue weighted by Crippen LogP contribution is -2.27. The van der Waals surface area contributed by atoms with Crippen LogP contribution in [0, 0.1) is 17.2 Å². The number of hydrogen-bond acceptors (Lipinski definition) is 6. The van der Waals surface area contributed by atoms with E-state index in [0.29, 0.717) is 18.1 Å². The summed E-state index contributed by atoms with van der Waals surface area (Å²) >= 11 is 1.36. The molecule has 4 rings (SSSR count). The molecule has 1 aromatic carbocycles. The molecule has 27 heavy (non-hydrogen) atoms. The summed E-state index contributed by atoms with van der Waals surface area (Å²) in [5.41, 5.74) is 1.56. The molecule has 0 saturated carbocycles. The van der Waals surface area contributed by atoms with Crippen LogP contribution in [-0.4, -0.2) is 33.1 Å². The van der Waals surface area contributed by atoms with Crippen LogP contribution in [0.4, 0.5) is 0 Å². The Morgan fingerprint density at radius 1 is 1.30 bits per heavy atom. The molecule has 0 N–H and O–H groups in total. The zero-order valence-corrected chi connectivity index (χ0v) is 15.2. The van der Waals surface area contributed by atoms with Crippen LogP contribution in [0.2, 0.25) is 0 Å². The maximum Gasteiger partial charge on any atom is 0.223 e. The van der Waals surface area contributed by atoms with E-state index in [-0.39, 0.29) is 18.1 Å². The number of nitriles is 1. The molecule has 3 heterocycles. The maximum absolute atomic E-state index is 12.9. The highest BCUT2D eigenvalue weighted by atomic mass is 32.1. The van der Waals surface area contributed by atoms with Crippen molar-refractivity contribution in [3.8, 4) is 6.07 Å². The average Bonchev–Trinajstić information content (AvgIpc) is 3.27. The first-order valence-electron chi connectivity index (χ1n) is 8.62. The number of likely N-dealkylation sites (tertiary alicyclic amines) is 1. The van der Waals surface area contributed by atoms with E-state index in [9.17, 15) is 14.9 Å². The number of pyridine rings is 1. The minimum absolute atomic E-state index is 0.0833. The number of thiazole rings is 1. The van der Waals surface area contributed by atoms with Gasteiger partial charge in [-0.15, -0.1) is 11.3 Å². The Balaban J connectivity index is 1.51. The van der Waals surface area contributed by atoms with Gasteiger partial charge in [0, 0.05) is 25.1 Å². The highest BCUT2D eigenvalue weighted by Crippen LogP contribution is 2.32. The van der Waals surface area contributed by atoms with Gasteiger partial charge in [-0.1, -0.05) is 18.2 Å². The second-order valence-corrected chi connectivity index (χ2v) is 7.54. The summed E-state index contributed by atoms with van der Waals surface area (Å²) < 4.78 is 0.944. The van der Waals surface area contributed by atoms with Gasteiger partial charge >= 0.3 is 0 Å². The summed E-state index contributed by atoms with van der Waals surface area (Å²) in [6.45, 7) is 0.694. The summed E-state index contributed by atoms with van der Waals surface area (Å²) in [7, 11) is 0. The van der Waals surface area contributed by atoms with Gasteiger partial charge in [0.15, 0.2) is 11.7 Å². The van der Waals surface area contributed by atoms with Crippen molar-refractivity contribution in [3.05, 3.63) is 59.4 Å². The van der Waals surface area contributed by atoms with Gasteiger partial charge in [-0.25, -0.2) is 4.98 Å². The van der Waals surface area contributed by atoms with Crippen LogP contribution in [0.5, 0.6) is 0 Å². The van der Waals surface area contributed by atoms with Gasteiger partial charge in [0.1, 0.15) is 5.01 Å². The minimum Gasteiger partial charge on any atom is -0.336 e. The third kappa shape index (κ3) is 3.44. The van der Waals surface area contributed by atoms with E-state index < -0.39 is 11.8 Å². The molecule has 2 aromatic heterocycles. The van der Waals surface area contributed by atoms with E-state index in [2.05, 4.69) is 16.0 Å². The largest absolute Gasteiger partial charge is 0.336 e. The van der Waals surface area contributed by atoms with Crippen molar-refractivity contribution in [2.75, 3.05) is 6.54 Å². The summed E-state index contributed by atoms with van der Waals surface area (Å²) in [6.07, 6.45) is 1.81. The second kappa shape index (κ2) is 7.25. The van der Waals surface area contributed by atoms with Crippen molar-refractivity contribution in [2.45, 2.75) is 18.9 Å². The highest BCUT2D eigenvalue weighted by Gasteiger charge is 2.39. The number of amides is 1. The van der Waals surface area contributed by atoms with Gasteiger partial charge in [-0.2, -0.15) is 5.26 Å². The van der Waals surface area contributed by atoms with Crippen LogP contribution in [0.25, 0.3) is 10.2 Å². The van der Waals surface area contributed by atoms with E-state index in [4.69, 9.17) is 0 Å². The fourth-order valence-electron chi connectivity index (χ4n) is 3.29. The molecule has 1 saturated heterocycles. The van der Waals surface area contributed by atoms with Crippen molar-refractivity contribution in [1.29, 1.82) is 5.26 Å². The number of ketones is 1. The van der Waals surface area contributed by atoms with Gasteiger partial charge in [0.2, 0.25) is 5.91 Å². The number of para-hydroxylation sites is 1. The summed E-state index contributed by atoms with van der Waals surface area (Å²) in [5.74, 6) is -1.73. The molecule has 0 unspecified atom stereocenters. The topological polar surface area (TPSA) is 87.0 Å². The van der Waals surface area contributed by atoms with Crippen molar-refractivity contribution in [1.82, 2.24) is 14.9 Å². The summed E-state index contributed by atoms with van der Waals surface area (Å²) in [5, 5.41) is 10.1. The lowest BCUT2D eigenvalue weighted by Gasteiger charge is -2.16. The number of carbonyl (C=O) groups is 2. The van der Waals surface area contributed by atoms with E-state index >= 15 is 0 Å². The van der Waals surface area contributed by atoms with Gasteiger partial charge in [-0.3, -0.25) is 14.6 Å². The fourth-order valence-corrected chi connectivity index (χ4v) is 4.31. The zero-order chi connectivity index (χ0) is 18.8. The van der Waals surface area contributed by atoms with Crippen LogP contribution in [0.1, 0.15) is 23.0 Å². The van der Waals surface area contributed by atoms with Crippen molar-refractivity contribution >= 4 is 33.2 Å². The highest BCUT2D eigenvalue weighted by molar-refractivity contribution is 7.18. The lowest BCUT2D eigenvalue weighted by atomic mass is 9.93. The number of nitrogens with zero attached hydrogens (tertiary/aromatic N) is 4. The Bertz CT molecular complexity index is 1010. The van der Waals surface area contributed by atoms with Gasteiger partial charge in [0.25, 0.3) is 0 Å². The molecule has 1 aliphatic rings. The van der Waals surface area contributed by atoms with Gasteiger partial charge < -0.3 is 4.90 Å². The number of rotatable bonds is 5. The molecule has 0 bridgehead atoms. The molecule has 1 fully saturated rings. The summed E-state index contributed by atoms with van der Waals surface area (Å²) in [4.78, 5) is 35.6. The first-order valence-corrected chi connectivity index (χ1v) is 9.44. The first kappa shape index (κ1) is 17.3. The van der Waals surface area contributed by atoms with Crippen molar-refractivity contribution < 1.29 is 9.59 Å². The molecule has 0 spiro atoms. The quantitative estimate of drug-likeness (QED) is 0.683. The Morgan fingerprint density at radius 2 is 2.11 bits per heavy atom. The molecule has 3 aromatic rings. The smallest absolute Gasteiger partial charge is 0.223 e. The minimum atomic E-state index is -0.935. The van der Waals surface area contributed by atoms with Crippen LogP contribution in [0.3, 0.4) is 0 Å². The zero-order valence-electron chi connectivity index (χ0n) is 14.4. The maximum atomic E-state index is 12.9.